The number of methoxy groups -OCH3 is 1. The topological polar surface area (TPSA) is 77.4 Å². The van der Waals surface area contributed by atoms with Crippen LogP contribution in [0.3, 0.4) is 0 Å². The van der Waals surface area contributed by atoms with Gasteiger partial charge >= 0.3 is 6.18 Å². The van der Waals surface area contributed by atoms with Gasteiger partial charge in [-0.1, -0.05) is 24.0 Å². The fourth-order valence-corrected chi connectivity index (χ4v) is 7.95. The lowest BCUT2D eigenvalue weighted by atomic mass is 10.0. The minimum absolute atomic E-state index is 0.112. The van der Waals surface area contributed by atoms with Crippen LogP contribution in [0.25, 0.3) is 10.1 Å². The van der Waals surface area contributed by atoms with Crippen LogP contribution in [-0.4, -0.2) is 66.5 Å². The van der Waals surface area contributed by atoms with Crippen molar-refractivity contribution in [2.45, 2.75) is 54.2 Å². The normalized spacial score (nSPS) is 21.1. The van der Waals surface area contributed by atoms with Gasteiger partial charge in [0.1, 0.15) is 11.9 Å². The Kier molecular flexibility index (Phi) is 8.41. The predicted molar refractivity (Wildman–Crippen MR) is 157 cm³/mol. The third kappa shape index (κ3) is 6.74. The largest absolute Gasteiger partial charge is 0.495 e. The SMILES string of the molecule is COc1cc([S@](=N)(=O)C2CC2)ccc1NCC#Cc1sc2c(N[C@@H]3CCN(C)C[C@H]3F)cccc2c1CC(F)(F)F. The van der Waals surface area contributed by atoms with Crippen LogP contribution < -0.4 is 15.4 Å². The molecule has 2 heterocycles. The number of hydrogen-bond acceptors (Lipinski definition) is 7. The zero-order valence-electron chi connectivity index (χ0n) is 22.7. The minimum Gasteiger partial charge on any atom is -0.495 e. The summed E-state index contributed by atoms with van der Waals surface area (Å²) in [6.45, 7) is 1.16. The van der Waals surface area contributed by atoms with Crippen LogP contribution >= 0.6 is 11.3 Å². The number of thiophene rings is 1. The van der Waals surface area contributed by atoms with Gasteiger partial charge in [-0.2, -0.15) is 13.2 Å². The third-order valence-corrected chi connectivity index (χ3v) is 10.9. The van der Waals surface area contributed by atoms with E-state index in [1.165, 1.54) is 18.4 Å². The average Bonchev–Trinajstić information content (AvgIpc) is 3.72. The van der Waals surface area contributed by atoms with Crippen molar-refractivity contribution in [2.24, 2.45) is 0 Å². The van der Waals surface area contributed by atoms with Gasteiger partial charge in [0.15, 0.2) is 0 Å². The highest BCUT2D eigenvalue weighted by Gasteiger charge is 2.34. The maximum Gasteiger partial charge on any atom is 0.393 e. The Morgan fingerprint density at radius 2 is 1.98 bits per heavy atom. The summed E-state index contributed by atoms with van der Waals surface area (Å²) in [5, 5.41) is 6.69. The second kappa shape index (κ2) is 11.7. The molecule has 3 atom stereocenters. The summed E-state index contributed by atoms with van der Waals surface area (Å²) in [6.07, 6.45) is -4.47. The molecule has 3 aromatic rings. The Morgan fingerprint density at radius 3 is 2.66 bits per heavy atom. The lowest BCUT2D eigenvalue weighted by molar-refractivity contribution is -0.126. The molecule has 3 N–H and O–H groups in total. The zero-order valence-corrected chi connectivity index (χ0v) is 24.4. The molecular weight excluding hydrogens is 576 g/mol. The quantitative estimate of drug-likeness (QED) is 0.201. The van der Waals surface area contributed by atoms with E-state index < -0.39 is 34.5 Å². The summed E-state index contributed by atoms with van der Waals surface area (Å²) in [6, 6.07) is 9.61. The molecule has 5 rings (SSSR count). The van der Waals surface area contributed by atoms with Crippen molar-refractivity contribution in [1.82, 2.24) is 4.90 Å². The van der Waals surface area contributed by atoms with Crippen LogP contribution in [0.2, 0.25) is 0 Å². The third-order valence-electron chi connectivity index (χ3n) is 7.37. The van der Waals surface area contributed by atoms with Gasteiger partial charge in [-0.3, -0.25) is 0 Å². The number of likely N-dealkylation sites (tertiary alicyclic amines) is 1. The van der Waals surface area contributed by atoms with Crippen LogP contribution in [0, 0.1) is 16.6 Å². The number of halogens is 4. The molecule has 1 saturated carbocycles. The Morgan fingerprint density at radius 1 is 1.20 bits per heavy atom. The second-order valence-electron chi connectivity index (χ2n) is 10.5. The van der Waals surface area contributed by atoms with Crippen LogP contribution in [-0.2, 0) is 16.1 Å². The van der Waals surface area contributed by atoms with Crippen molar-refractivity contribution < 1.29 is 26.5 Å². The van der Waals surface area contributed by atoms with E-state index >= 15 is 0 Å². The van der Waals surface area contributed by atoms with Gasteiger partial charge < -0.3 is 20.3 Å². The van der Waals surface area contributed by atoms with Crippen molar-refractivity contribution in [3.63, 3.8) is 0 Å². The van der Waals surface area contributed by atoms with E-state index in [1.807, 2.05) is 11.9 Å². The van der Waals surface area contributed by atoms with Crippen LogP contribution in [0.15, 0.2) is 41.3 Å². The van der Waals surface area contributed by atoms with Crippen LogP contribution in [0.5, 0.6) is 5.75 Å². The van der Waals surface area contributed by atoms with Gasteiger partial charge in [0.05, 0.1) is 61.7 Å². The van der Waals surface area contributed by atoms with Crippen molar-refractivity contribution >= 4 is 42.5 Å². The summed E-state index contributed by atoms with van der Waals surface area (Å²) in [5.41, 5.74) is 1.30. The fourth-order valence-electron chi connectivity index (χ4n) is 5.04. The van der Waals surface area contributed by atoms with Crippen molar-refractivity contribution in [1.29, 1.82) is 4.78 Å². The first-order valence-electron chi connectivity index (χ1n) is 13.3. The number of benzene rings is 2. The van der Waals surface area contributed by atoms with E-state index in [-0.39, 0.29) is 17.4 Å². The molecule has 0 bridgehead atoms. The van der Waals surface area contributed by atoms with Crippen LogP contribution in [0.4, 0.5) is 28.9 Å². The van der Waals surface area contributed by atoms with E-state index in [4.69, 9.17) is 9.52 Å². The number of hydrogen-bond donors (Lipinski definition) is 3. The van der Waals surface area contributed by atoms with Crippen molar-refractivity contribution in [2.75, 3.05) is 44.4 Å². The molecule has 2 aromatic carbocycles. The molecule has 2 fully saturated rings. The molecule has 2 aliphatic rings. The molecule has 1 aromatic heterocycles. The van der Waals surface area contributed by atoms with Gasteiger partial charge in [0.2, 0.25) is 0 Å². The van der Waals surface area contributed by atoms with Crippen molar-refractivity contribution in [3.8, 4) is 17.6 Å². The number of anilines is 2. The number of fused-ring (bicyclic) bond motifs is 1. The molecule has 12 heteroatoms. The molecule has 0 amide bonds. The summed E-state index contributed by atoms with van der Waals surface area (Å²) in [4.78, 5) is 2.65. The maximum atomic E-state index is 14.7. The highest BCUT2D eigenvalue weighted by atomic mass is 32.2. The highest BCUT2D eigenvalue weighted by Crippen LogP contribution is 2.40. The Hall–Kier alpha value is -3.01. The Balaban J connectivity index is 1.38. The molecule has 1 saturated heterocycles. The number of nitrogens with zero attached hydrogens (tertiary/aromatic N) is 1. The van der Waals surface area contributed by atoms with Gasteiger partial charge in [-0.05, 0) is 61.5 Å². The fraction of sp³-hybridized carbons (Fsp3) is 0.448. The smallest absolute Gasteiger partial charge is 0.393 e. The molecule has 1 aliphatic carbocycles. The first kappa shape index (κ1) is 29.5. The van der Waals surface area contributed by atoms with Gasteiger partial charge in [-0.25, -0.2) is 13.4 Å². The van der Waals surface area contributed by atoms with Gasteiger partial charge in [0.25, 0.3) is 0 Å². The van der Waals surface area contributed by atoms with E-state index in [9.17, 15) is 21.8 Å². The lowest BCUT2D eigenvalue weighted by Crippen LogP contribution is -2.46. The molecule has 0 unspecified atom stereocenters. The molecule has 41 heavy (non-hydrogen) atoms. The standard InChI is InChI=1S/C29H32F4N4O2S2/c1-37-14-12-23(22(30)17-37)36-25-6-3-5-20-21(16-29(31,32)33)27(40-28(20)25)7-4-13-35-24-11-10-19(15-26(24)39-2)41(34,38)18-8-9-18/h3,5-6,10-11,15,18,22-23,34-36H,8-9,12-14,16-17H2,1-2H3/t22-,23-,41-/m1/s1. The highest BCUT2D eigenvalue weighted by molar-refractivity contribution is 7.93. The first-order valence-corrected chi connectivity index (χ1v) is 15.8. The van der Waals surface area contributed by atoms with Gasteiger partial charge in [-0.15, -0.1) is 11.3 Å². The molecule has 0 radical (unpaired) electrons. The number of ether oxygens (including phenoxy) is 1. The maximum absolute atomic E-state index is 14.7. The summed E-state index contributed by atoms with van der Waals surface area (Å²) in [5.74, 6) is 6.26. The first-order chi connectivity index (χ1) is 19.5. The number of nitrogens with one attached hydrogen (secondary N) is 3. The van der Waals surface area contributed by atoms with E-state index in [0.717, 1.165) is 19.4 Å². The molecule has 0 spiro atoms. The summed E-state index contributed by atoms with van der Waals surface area (Å²) >= 11 is 1.17. The van der Waals surface area contributed by atoms with E-state index in [0.29, 0.717) is 49.9 Å². The molecule has 1 aliphatic heterocycles. The zero-order chi connectivity index (χ0) is 29.4. The van der Waals surface area contributed by atoms with E-state index in [2.05, 4.69) is 22.5 Å². The Bertz CT molecular complexity index is 1590. The molecular formula is C29H32F4N4O2S2. The second-order valence-corrected chi connectivity index (χ2v) is 13.9. The number of piperidine rings is 1. The summed E-state index contributed by atoms with van der Waals surface area (Å²) in [7, 11) is 0.455. The molecule has 6 nitrogen and oxygen atoms in total. The lowest BCUT2D eigenvalue weighted by Gasteiger charge is -2.33. The van der Waals surface area contributed by atoms with Crippen LogP contribution in [0.1, 0.15) is 29.7 Å². The predicted octanol–water partition coefficient (Wildman–Crippen LogP) is 6.50. The summed E-state index contributed by atoms with van der Waals surface area (Å²) < 4.78 is 82.5. The van der Waals surface area contributed by atoms with Gasteiger partial charge in [0, 0.05) is 18.3 Å². The average molecular weight is 609 g/mol. The number of rotatable bonds is 8. The monoisotopic (exact) mass is 608 g/mol. The Labute approximate surface area is 241 Å². The van der Waals surface area contributed by atoms with Crippen molar-refractivity contribution in [3.05, 3.63) is 46.8 Å². The number of alkyl halides is 4. The van der Waals surface area contributed by atoms with E-state index in [1.54, 1.807) is 36.4 Å². The molecule has 220 valence electrons. The minimum atomic E-state index is -4.42.